The third-order valence-electron chi connectivity index (χ3n) is 22.7. The van der Waals surface area contributed by atoms with E-state index in [0.29, 0.717) is 11.9 Å². The molecule has 0 aliphatic carbocycles. The Morgan fingerprint density at radius 3 is 1.63 bits per heavy atom. The Kier molecular flexibility index (Phi) is 11.9. The summed E-state index contributed by atoms with van der Waals surface area (Å²) in [7, 11) is 0. The molecular weight excluding hydrogens is 1310 g/mol. The van der Waals surface area contributed by atoms with E-state index in [1.165, 1.54) is 47.1 Å². The van der Waals surface area contributed by atoms with Crippen LogP contribution in [0, 0.1) is 0 Å². The number of nitrogens with zero attached hydrogens (tertiary/aromatic N) is 6. The number of benzene rings is 18. The van der Waals surface area contributed by atoms with Gasteiger partial charge >= 0.3 is 0 Å². The maximum atomic E-state index is 7.03. The van der Waals surface area contributed by atoms with Crippen LogP contribution in [0.15, 0.2) is 332 Å². The van der Waals surface area contributed by atoms with Crippen molar-refractivity contribution in [1.29, 1.82) is 0 Å². The van der Waals surface area contributed by atoms with Crippen LogP contribution in [-0.4, -0.2) is 29.1 Å². The molecule has 24 aromatic rings. The number of para-hydroxylation sites is 1. The van der Waals surface area contributed by atoms with Crippen molar-refractivity contribution in [2.75, 3.05) is 0 Å². The van der Waals surface area contributed by atoms with Crippen LogP contribution in [-0.2, 0) is 0 Å². The molecular formula is C98H54N6OS. The Hall–Kier alpha value is -13.9. The number of rotatable bonds is 6. The number of aromatic nitrogens is 6. The third kappa shape index (κ3) is 8.21. The number of thiophene rings is 1. The zero-order valence-corrected chi connectivity index (χ0v) is 57.5. The zero-order valence-electron chi connectivity index (χ0n) is 56.7. The van der Waals surface area contributed by atoms with E-state index in [1.807, 2.05) is 11.3 Å². The van der Waals surface area contributed by atoms with Gasteiger partial charge in [-0.25, -0.2) is 19.9 Å². The molecule has 0 atom stereocenters. The van der Waals surface area contributed by atoms with Crippen LogP contribution < -0.4 is 0 Å². The average molecular weight is 1360 g/mol. The quantitative estimate of drug-likeness (QED) is 0.155. The van der Waals surface area contributed by atoms with Gasteiger partial charge in [-0.15, -0.1) is 11.3 Å². The summed E-state index contributed by atoms with van der Waals surface area (Å²) in [4.78, 5) is 23.1. The van der Waals surface area contributed by atoms with Crippen LogP contribution in [0.4, 0.5) is 0 Å². The molecule has 488 valence electrons. The van der Waals surface area contributed by atoms with E-state index in [1.54, 1.807) is 0 Å². The van der Waals surface area contributed by atoms with Gasteiger partial charge in [-0.2, -0.15) is 0 Å². The molecule has 0 radical (unpaired) electrons. The van der Waals surface area contributed by atoms with Gasteiger partial charge in [0.15, 0.2) is 0 Å². The van der Waals surface area contributed by atoms with Gasteiger partial charge < -0.3 is 4.42 Å². The summed E-state index contributed by atoms with van der Waals surface area (Å²) in [5.41, 5.74) is 16.0. The highest BCUT2D eigenvalue weighted by Gasteiger charge is 2.27. The third-order valence-corrected chi connectivity index (χ3v) is 23.9. The van der Waals surface area contributed by atoms with Gasteiger partial charge in [0.25, 0.3) is 0 Å². The molecule has 106 heavy (non-hydrogen) atoms. The van der Waals surface area contributed by atoms with Crippen LogP contribution in [0.5, 0.6) is 0 Å². The van der Waals surface area contributed by atoms with Crippen LogP contribution in [0.2, 0.25) is 0 Å². The molecule has 0 saturated heterocycles. The van der Waals surface area contributed by atoms with E-state index in [0.717, 1.165) is 181 Å². The topological polar surface area (TPSA) is 74.6 Å². The average Bonchev–Trinajstić information content (AvgIpc) is 1.55. The number of hydrogen-bond donors (Lipinski definition) is 0. The number of furan rings is 1. The van der Waals surface area contributed by atoms with Crippen molar-refractivity contribution < 1.29 is 4.42 Å². The fourth-order valence-electron chi connectivity index (χ4n) is 17.9. The van der Waals surface area contributed by atoms with E-state index in [2.05, 4.69) is 337 Å². The van der Waals surface area contributed by atoms with Crippen LogP contribution in [0.3, 0.4) is 0 Å². The monoisotopic (exact) mass is 1360 g/mol. The van der Waals surface area contributed by atoms with E-state index < -0.39 is 0 Å². The summed E-state index contributed by atoms with van der Waals surface area (Å²) >= 11 is 1.87. The van der Waals surface area contributed by atoms with E-state index >= 15 is 0 Å². The molecule has 0 unspecified atom stereocenters. The molecule has 0 bridgehead atoms. The van der Waals surface area contributed by atoms with Gasteiger partial charge in [-0.3, -0.25) is 9.13 Å². The molecule has 6 heterocycles. The van der Waals surface area contributed by atoms with E-state index in [4.69, 9.17) is 24.4 Å². The Bertz CT molecular complexity index is 8030. The van der Waals surface area contributed by atoms with Crippen molar-refractivity contribution in [3.05, 3.63) is 328 Å². The second-order valence-electron chi connectivity index (χ2n) is 28.2. The largest absolute Gasteiger partial charge is 0.455 e. The standard InChI is InChI=1S/C98H54N6OS/c1-2-19-55(20-3-1)60-25-16-26-62(49-60)90-77-48-47-69-64(35-18-37-73(69)93(77)101-97(99-90)103-84-38-15-14-32-70(84)80-53-87-83(52-85(80)103)89-71-33-12-10-30-67(71)68-31-11-13-34-75(68)95(89)105-87)61-40-39-59-42-45-76-82-51-86-81(54-88(82)106-96(76)79(59)50-61)74-44-41-58-23-6-9-29-66(58)94(74)104(86)98-100-91-65-28-8-5-22-57(65)43-46-78(91)92(102-98)72-36-17-24-56-21-4-7-27-63(56)72/h1-54H. The SMILES string of the molecule is c1ccc(-c2cccc(-c3nc(-n4c5ccccc5c5cc6oc7c8ccccc8c8ccccc8c7c6cc54)nc4c3ccc3c(-c5ccc6ccc7c8cc9c(cc8sc7c6c5)c5ccc6ccccc6c5n9-c5nc(-c6cccc7ccccc67)c6ccc7ccccc7c6n5)cccc34)c2)cc1. The smallest absolute Gasteiger partial charge is 0.235 e. The number of fused-ring (bicyclic) bond motifs is 28. The first kappa shape index (κ1) is 57.7. The molecule has 24 rings (SSSR count). The summed E-state index contributed by atoms with van der Waals surface area (Å²) in [5, 5.41) is 27.0. The molecule has 0 amide bonds. The van der Waals surface area contributed by atoms with E-state index in [9.17, 15) is 0 Å². The number of hydrogen-bond acceptors (Lipinski definition) is 6. The summed E-state index contributed by atoms with van der Waals surface area (Å²) in [5.74, 6) is 1.22. The van der Waals surface area contributed by atoms with Gasteiger partial charge in [0.1, 0.15) is 11.2 Å². The minimum absolute atomic E-state index is 0.590. The van der Waals surface area contributed by atoms with Gasteiger partial charge in [0, 0.05) is 101 Å². The Morgan fingerprint density at radius 2 is 0.792 bits per heavy atom. The Balaban J connectivity index is 0.716. The molecule has 6 aromatic heterocycles. The molecule has 7 nitrogen and oxygen atoms in total. The Morgan fingerprint density at radius 1 is 0.255 bits per heavy atom. The lowest BCUT2D eigenvalue weighted by atomic mass is 9.93. The highest BCUT2D eigenvalue weighted by atomic mass is 32.1. The van der Waals surface area contributed by atoms with Gasteiger partial charge in [0.05, 0.1) is 44.5 Å². The van der Waals surface area contributed by atoms with Crippen molar-refractivity contribution in [3.63, 3.8) is 0 Å². The summed E-state index contributed by atoms with van der Waals surface area (Å²) in [6, 6.07) is 119. The fourth-order valence-corrected chi connectivity index (χ4v) is 19.1. The first-order valence-electron chi connectivity index (χ1n) is 36.1. The molecule has 0 fully saturated rings. The summed E-state index contributed by atoms with van der Waals surface area (Å²) in [6.45, 7) is 0. The second-order valence-corrected chi connectivity index (χ2v) is 29.3. The molecule has 0 aliphatic rings. The van der Waals surface area contributed by atoms with Crippen LogP contribution in [0.1, 0.15) is 0 Å². The predicted molar refractivity (Wildman–Crippen MR) is 446 cm³/mol. The lowest BCUT2D eigenvalue weighted by Crippen LogP contribution is -2.04. The van der Waals surface area contributed by atoms with Crippen LogP contribution in [0.25, 0.3) is 240 Å². The fraction of sp³-hybridized carbons (Fsp3) is 0. The maximum absolute atomic E-state index is 7.03. The minimum Gasteiger partial charge on any atom is -0.455 e. The zero-order chi connectivity index (χ0) is 69.0. The molecule has 0 N–H and O–H groups in total. The molecule has 0 aliphatic heterocycles. The normalized spacial score (nSPS) is 12.3. The highest BCUT2D eigenvalue weighted by Crippen LogP contribution is 2.49. The summed E-state index contributed by atoms with van der Waals surface area (Å²) < 4.78 is 14.1. The van der Waals surface area contributed by atoms with Crippen molar-refractivity contribution in [3.8, 4) is 56.7 Å². The molecule has 8 heteroatoms. The van der Waals surface area contributed by atoms with Crippen molar-refractivity contribution >= 4 is 194 Å². The van der Waals surface area contributed by atoms with E-state index in [-0.39, 0.29) is 0 Å². The predicted octanol–water partition coefficient (Wildman–Crippen LogP) is 26.8. The van der Waals surface area contributed by atoms with Gasteiger partial charge in [0.2, 0.25) is 11.9 Å². The van der Waals surface area contributed by atoms with Gasteiger partial charge in [-0.1, -0.05) is 273 Å². The molecule has 18 aromatic carbocycles. The lowest BCUT2D eigenvalue weighted by molar-refractivity contribution is 0.673. The van der Waals surface area contributed by atoms with Crippen molar-refractivity contribution in [2.45, 2.75) is 0 Å². The van der Waals surface area contributed by atoms with Gasteiger partial charge in [-0.05, 0) is 125 Å². The molecule has 0 spiro atoms. The molecule has 0 saturated carbocycles. The lowest BCUT2D eigenvalue weighted by Gasteiger charge is -2.15. The van der Waals surface area contributed by atoms with Crippen molar-refractivity contribution in [2.24, 2.45) is 0 Å². The minimum atomic E-state index is 0.590. The Labute approximate surface area is 608 Å². The second kappa shape index (κ2) is 21.8. The first-order valence-corrected chi connectivity index (χ1v) is 36.9. The van der Waals surface area contributed by atoms with Crippen LogP contribution >= 0.6 is 11.3 Å². The first-order chi connectivity index (χ1) is 52.5. The summed E-state index contributed by atoms with van der Waals surface area (Å²) in [6.07, 6.45) is 0. The van der Waals surface area contributed by atoms with Crippen molar-refractivity contribution in [1.82, 2.24) is 29.1 Å². The maximum Gasteiger partial charge on any atom is 0.235 e. The highest BCUT2D eigenvalue weighted by molar-refractivity contribution is 7.26.